The topological polar surface area (TPSA) is 99.2 Å². The first-order chi connectivity index (χ1) is 16.4. The number of hydrogen-bond acceptors (Lipinski definition) is 6. The standard InChI is InChI=1S/C23H25Cl2N3O5S/c24-17-11-15(5-6-18(17)27-9-1-3-14(22(27)31)4-2-10-29)28-13-16(33-23(28)32)12-26-21(30)19-7-8-20(25)34-19/h5-8,11,14,16,29H,1-4,9-10,12-13H2,(H,26,30)/t14?,16-/m0/s1. The molecule has 4 rings (SSSR count). The number of nitrogens with one attached hydrogen (secondary N) is 1. The van der Waals surface area contributed by atoms with E-state index in [2.05, 4.69) is 5.32 Å². The summed E-state index contributed by atoms with van der Waals surface area (Å²) < 4.78 is 5.92. The Bertz CT molecular complexity index is 1080. The molecule has 8 nitrogen and oxygen atoms in total. The number of aliphatic hydroxyl groups is 1. The zero-order valence-electron chi connectivity index (χ0n) is 18.3. The van der Waals surface area contributed by atoms with Crippen LogP contribution in [0.15, 0.2) is 30.3 Å². The molecular formula is C23H25Cl2N3O5S. The van der Waals surface area contributed by atoms with Gasteiger partial charge in [0.05, 0.1) is 33.0 Å². The van der Waals surface area contributed by atoms with Gasteiger partial charge in [-0.3, -0.25) is 14.5 Å². The number of benzene rings is 1. The average Bonchev–Trinajstić information content (AvgIpc) is 3.42. The van der Waals surface area contributed by atoms with Crippen molar-refractivity contribution in [3.8, 4) is 0 Å². The third-order valence-electron chi connectivity index (χ3n) is 5.96. The van der Waals surface area contributed by atoms with Crippen molar-refractivity contribution in [2.24, 2.45) is 5.92 Å². The molecule has 0 saturated carbocycles. The Morgan fingerprint density at radius 3 is 2.74 bits per heavy atom. The zero-order valence-corrected chi connectivity index (χ0v) is 20.7. The second-order valence-corrected chi connectivity index (χ2v) is 10.4. The van der Waals surface area contributed by atoms with E-state index in [1.165, 1.54) is 16.2 Å². The van der Waals surface area contributed by atoms with Crippen molar-refractivity contribution in [2.75, 3.05) is 36.0 Å². The molecule has 182 valence electrons. The number of rotatable bonds is 8. The van der Waals surface area contributed by atoms with Crippen LogP contribution < -0.4 is 15.1 Å². The quantitative estimate of drug-likeness (QED) is 0.534. The molecule has 2 saturated heterocycles. The number of piperidine rings is 1. The van der Waals surface area contributed by atoms with Gasteiger partial charge in [0.25, 0.3) is 5.91 Å². The smallest absolute Gasteiger partial charge is 0.414 e. The van der Waals surface area contributed by atoms with Gasteiger partial charge in [-0.1, -0.05) is 23.2 Å². The lowest BCUT2D eigenvalue weighted by atomic mass is 9.92. The van der Waals surface area contributed by atoms with Crippen LogP contribution in [0.3, 0.4) is 0 Å². The fourth-order valence-corrected chi connectivity index (χ4v) is 5.48. The number of carbonyl (C=O) groups excluding carboxylic acids is 3. The lowest BCUT2D eigenvalue weighted by Crippen LogP contribution is -2.41. The first-order valence-corrected chi connectivity index (χ1v) is 12.7. The van der Waals surface area contributed by atoms with E-state index in [9.17, 15) is 14.4 Å². The molecule has 2 N–H and O–H groups in total. The fourth-order valence-electron chi connectivity index (χ4n) is 4.25. The molecule has 1 unspecified atom stereocenters. The summed E-state index contributed by atoms with van der Waals surface area (Å²) in [5.74, 6) is -0.383. The van der Waals surface area contributed by atoms with Crippen LogP contribution in [0.25, 0.3) is 0 Å². The van der Waals surface area contributed by atoms with Crippen LogP contribution in [-0.2, 0) is 9.53 Å². The lowest BCUT2D eigenvalue weighted by molar-refractivity contribution is -0.124. The van der Waals surface area contributed by atoms with Gasteiger partial charge in [0.1, 0.15) is 6.10 Å². The predicted octanol–water partition coefficient (Wildman–Crippen LogP) is 4.33. The number of thiophene rings is 1. The second-order valence-electron chi connectivity index (χ2n) is 8.26. The fraction of sp³-hybridized carbons (Fsp3) is 0.435. The maximum absolute atomic E-state index is 12.9. The van der Waals surface area contributed by atoms with Gasteiger partial charge in [0.15, 0.2) is 0 Å². The zero-order chi connectivity index (χ0) is 24.2. The second kappa shape index (κ2) is 10.9. The van der Waals surface area contributed by atoms with E-state index in [0.717, 1.165) is 12.8 Å². The Morgan fingerprint density at radius 2 is 2.03 bits per heavy atom. The van der Waals surface area contributed by atoms with Crippen molar-refractivity contribution >= 4 is 63.8 Å². The van der Waals surface area contributed by atoms with E-state index in [1.54, 1.807) is 35.2 Å². The minimum absolute atomic E-state index is 0.0118. The van der Waals surface area contributed by atoms with Gasteiger partial charge in [-0.05, 0) is 56.0 Å². The van der Waals surface area contributed by atoms with Crippen molar-refractivity contribution in [1.82, 2.24) is 5.32 Å². The minimum atomic E-state index is -0.527. The number of cyclic esters (lactones) is 1. The van der Waals surface area contributed by atoms with Gasteiger partial charge >= 0.3 is 6.09 Å². The number of halogens is 2. The van der Waals surface area contributed by atoms with E-state index in [1.807, 2.05) is 0 Å². The number of ether oxygens (including phenoxy) is 1. The summed E-state index contributed by atoms with van der Waals surface area (Å²) in [4.78, 5) is 41.2. The van der Waals surface area contributed by atoms with Crippen molar-refractivity contribution in [3.63, 3.8) is 0 Å². The predicted molar refractivity (Wildman–Crippen MR) is 132 cm³/mol. The summed E-state index contributed by atoms with van der Waals surface area (Å²) in [6.45, 7) is 1.07. The van der Waals surface area contributed by atoms with E-state index in [-0.39, 0.29) is 37.4 Å². The van der Waals surface area contributed by atoms with Gasteiger partial charge in [-0.2, -0.15) is 0 Å². The lowest BCUT2D eigenvalue weighted by Gasteiger charge is -2.33. The first kappa shape index (κ1) is 24.8. The molecule has 2 aromatic rings. The molecular weight excluding hydrogens is 501 g/mol. The third kappa shape index (κ3) is 5.49. The monoisotopic (exact) mass is 525 g/mol. The number of nitrogens with zero attached hydrogens (tertiary/aromatic N) is 2. The largest absolute Gasteiger partial charge is 0.442 e. The normalized spacial score (nSPS) is 20.6. The highest BCUT2D eigenvalue weighted by Gasteiger charge is 2.34. The van der Waals surface area contributed by atoms with Gasteiger partial charge in [-0.15, -0.1) is 11.3 Å². The molecule has 0 radical (unpaired) electrons. The van der Waals surface area contributed by atoms with Crippen LogP contribution in [0.1, 0.15) is 35.4 Å². The van der Waals surface area contributed by atoms with E-state index < -0.39 is 12.2 Å². The number of amides is 3. The highest BCUT2D eigenvalue weighted by molar-refractivity contribution is 7.18. The Balaban J connectivity index is 1.39. The summed E-state index contributed by atoms with van der Waals surface area (Å²) in [6, 6.07) is 8.42. The van der Waals surface area contributed by atoms with Crippen LogP contribution in [0, 0.1) is 5.92 Å². The highest BCUT2D eigenvalue weighted by Crippen LogP contribution is 2.35. The van der Waals surface area contributed by atoms with Crippen molar-refractivity contribution in [1.29, 1.82) is 0 Å². The number of carbonyl (C=O) groups is 3. The van der Waals surface area contributed by atoms with Crippen molar-refractivity contribution < 1.29 is 24.2 Å². The molecule has 11 heteroatoms. The summed E-state index contributed by atoms with van der Waals surface area (Å²) in [6.07, 6.45) is 1.88. The SMILES string of the molecule is O=C(NC[C@H]1CN(c2ccc(N3CCCC(CCCO)C3=O)c(Cl)c2)C(=O)O1)c1ccc(Cl)s1. The maximum atomic E-state index is 12.9. The minimum Gasteiger partial charge on any atom is -0.442 e. The number of hydrogen-bond donors (Lipinski definition) is 2. The van der Waals surface area contributed by atoms with E-state index in [0.29, 0.717) is 45.0 Å². The van der Waals surface area contributed by atoms with E-state index >= 15 is 0 Å². The molecule has 2 aliphatic heterocycles. The maximum Gasteiger partial charge on any atom is 0.414 e. The van der Waals surface area contributed by atoms with Crippen LogP contribution in [0.4, 0.5) is 16.2 Å². The van der Waals surface area contributed by atoms with E-state index in [4.69, 9.17) is 33.0 Å². The molecule has 0 aliphatic carbocycles. The van der Waals surface area contributed by atoms with Crippen LogP contribution >= 0.6 is 34.5 Å². The Morgan fingerprint density at radius 1 is 1.21 bits per heavy atom. The third-order valence-corrected chi connectivity index (χ3v) is 7.49. The van der Waals surface area contributed by atoms with Crippen molar-refractivity contribution in [2.45, 2.75) is 31.8 Å². The average molecular weight is 526 g/mol. The van der Waals surface area contributed by atoms with Crippen LogP contribution in [-0.4, -0.2) is 55.4 Å². The Labute approximate surface area is 211 Å². The summed E-state index contributed by atoms with van der Waals surface area (Å²) in [5.41, 5.74) is 1.16. The summed E-state index contributed by atoms with van der Waals surface area (Å²) >= 11 is 13.6. The molecule has 34 heavy (non-hydrogen) atoms. The summed E-state index contributed by atoms with van der Waals surface area (Å²) in [5, 5.41) is 12.2. The molecule has 2 atom stereocenters. The van der Waals surface area contributed by atoms with Gasteiger partial charge < -0.3 is 20.1 Å². The molecule has 1 aromatic carbocycles. The number of anilines is 2. The Hall–Kier alpha value is -2.33. The number of aliphatic hydroxyl groups excluding tert-OH is 1. The molecule has 2 fully saturated rings. The Kier molecular flexibility index (Phi) is 7.98. The van der Waals surface area contributed by atoms with Crippen molar-refractivity contribution in [3.05, 3.63) is 44.6 Å². The molecule has 3 amide bonds. The molecule has 0 bridgehead atoms. The molecule has 3 heterocycles. The van der Waals surface area contributed by atoms with Gasteiger partial charge in [0, 0.05) is 24.8 Å². The summed E-state index contributed by atoms with van der Waals surface area (Å²) in [7, 11) is 0. The molecule has 1 aromatic heterocycles. The van der Waals surface area contributed by atoms with Gasteiger partial charge in [0.2, 0.25) is 5.91 Å². The van der Waals surface area contributed by atoms with Crippen LogP contribution in [0.5, 0.6) is 0 Å². The van der Waals surface area contributed by atoms with Crippen LogP contribution in [0.2, 0.25) is 9.36 Å². The van der Waals surface area contributed by atoms with Gasteiger partial charge in [-0.25, -0.2) is 4.79 Å². The first-order valence-electron chi connectivity index (χ1n) is 11.1. The molecule has 2 aliphatic rings. The highest BCUT2D eigenvalue weighted by atomic mass is 35.5. The molecule has 0 spiro atoms.